The van der Waals surface area contributed by atoms with E-state index in [0.29, 0.717) is 12.8 Å². The lowest BCUT2D eigenvalue weighted by atomic mass is 9.99. The maximum Gasteiger partial charge on any atom is 0.335 e. The lowest BCUT2D eigenvalue weighted by molar-refractivity contribution is -0.298. The number of rotatable bonds is 41. The van der Waals surface area contributed by atoms with Gasteiger partial charge in [-0.25, -0.2) is 4.79 Å². The Kier molecular flexibility index (Phi) is 35.7. The molecule has 0 aromatic carbocycles. The highest BCUT2D eigenvalue weighted by molar-refractivity contribution is 5.73. The highest BCUT2D eigenvalue weighted by atomic mass is 16.7. The normalized spacial score (nSPS) is 19.9. The van der Waals surface area contributed by atoms with Gasteiger partial charge in [-0.1, -0.05) is 206 Å². The van der Waals surface area contributed by atoms with Crippen molar-refractivity contribution in [1.82, 2.24) is 0 Å². The van der Waals surface area contributed by atoms with Crippen LogP contribution in [0.3, 0.4) is 0 Å². The Labute approximate surface area is 353 Å². The molecule has 0 aromatic rings. The van der Waals surface area contributed by atoms with Gasteiger partial charge < -0.3 is 39.4 Å². The van der Waals surface area contributed by atoms with E-state index in [4.69, 9.17) is 18.9 Å². The van der Waals surface area contributed by atoms with Gasteiger partial charge in [-0.15, -0.1) is 0 Å². The maximum atomic E-state index is 12.7. The monoisotopic (exact) mass is 829 g/mol. The van der Waals surface area contributed by atoms with Crippen LogP contribution in [-0.2, 0) is 33.3 Å². The fourth-order valence-electron chi connectivity index (χ4n) is 7.65. The first-order valence-corrected chi connectivity index (χ1v) is 24.1. The summed E-state index contributed by atoms with van der Waals surface area (Å²) in [4.78, 5) is 36.7. The zero-order valence-electron chi connectivity index (χ0n) is 37.1. The molecule has 6 unspecified atom stereocenters. The second-order valence-corrected chi connectivity index (χ2v) is 17.0. The summed E-state index contributed by atoms with van der Waals surface area (Å²) >= 11 is 0. The van der Waals surface area contributed by atoms with Gasteiger partial charge in [0.2, 0.25) is 0 Å². The molecule has 1 fully saturated rings. The highest BCUT2D eigenvalue weighted by Gasteiger charge is 2.47. The molecule has 6 atom stereocenters. The number of aliphatic hydroxyl groups excluding tert-OH is 3. The molecule has 342 valence electrons. The van der Waals surface area contributed by atoms with E-state index < -0.39 is 54.7 Å². The van der Waals surface area contributed by atoms with Gasteiger partial charge in [0, 0.05) is 12.8 Å². The molecule has 11 nitrogen and oxygen atoms in total. The first kappa shape index (κ1) is 54.2. The largest absolute Gasteiger partial charge is 0.479 e. The minimum absolute atomic E-state index is 0.189. The summed E-state index contributed by atoms with van der Waals surface area (Å²) in [6, 6.07) is 0. The first-order chi connectivity index (χ1) is 28.2. The first-order valence-electron chi connectivity index (χ1n) is 24.1. The van der Waals surface area contributed by atoms with Gasteiger partial charge in [-0.05, 0) is 12.8 Å². The Hall–Kier alpha value is -1.79. The number of carboxylic acid groups (broad SMARTS) is 1. The standard InChI is InChI=1S/C47H88O11/c1-3-5-7-9-11-13-14-15-16-17-18-19-20-21-22-23-24-25-26-28-29-31-33-35-40(48)55-37-39(57-41(49)36-34-32-30-27-12-10-8-6-4-2)38-56-47-44(52)42(50)43(51)45(58-47)46(53)54/h39,42-45,47,50-52H,3-38H2,1-2H3,(H,53,54). The second kappa shape index (κ2) is 38.2. The molecule has 0 bridgehead atoms. The smallest absolute Gasteiger partial charge is 0.335 e. The van der Waals surface area contributed by atoms with Gasteiger partial charge in [0.05, 0.1) is 6.61 Å². The summed E-state index contributed by atoms with van der Waals surface area (Å²) in [5.41, 5.74) is 0. The Morgan fingerprint density at radius 1 is 0.466 bits per heavy atom. The molecule has 1 aliphatic heterocycles. The van der Waals surface area contributed by atoms with Crippen molar-refractivity contribution in [2.45, 2.75) is 269 Å². The van der Waals surface area contributed by atoms with E-state index in [9.17, 15) is 34.8 Å². The molecular formula is C47H88O11. The van der Waals surface area contributed by atoms with Crippen LogP contribution in [0.5, 0.6) is 0 Å². The molecule has 0 radical (unpaired) electrons. The van der Waals surface area contributed by atoms with Crippen molar-refractivity contribution >= 4 is 17.9 Å². The molecule has 58 heavy (non-hydrogen) atoms. The number of hydrogen-bond donors (Lipinski definition) is 4. The minimum atomic E-state index is -1.85. The Morgan fingerprint density at radius 2 is 0.810 bits per heavy atom. The molecule has 0 aliphatic carbocycles. The molecule has 0 aromatic heterocycles. The van der Waals surface area contributed by atoms with Crippen LogP contribution < -0.4 is 0 Å². The molecule has 0 saturated carbocycles. The summed E-state index contributed by atoms with van der Waals surface area (Å²) in [6.45, 7) is 3.81. The number of aliphatic carboxylic acids is 1. The molecule has 4 N–H and O–H groups in total. The summed E-state index contributed by atoms with van der Waals surface area (Å²) in [5.74, 6) is -2.43. The number of carboxylic acids is 1. The van der Waals surface area contributed by atoms with E-state index in [-0.39, 0.29) is 26.1 Å². The fraction of sp³-hybridized carbons (Fsp3) is 0.936. The van der Waals surface area contributed by atoms with Crippen LogP contribution in [0.25, 0.3) is 0 Å². The van der Waals surface area contributed by atoms with E-state index in [2.05, 4.69) is 13.8 Å². The molecule has 1 saturated heterocycles. The van der Waals surface area contributed by atoms with Crippen LogP contribution in [0.4, 0.5) is 0 Å². The van der Waals surface area contributed by atoms with Gasteiger partial charge in [0.15, 0.2) is 18.5 Å². The van der Waals surface area contributed by atoms with Crippen molar-refractivity contribution in [1.29, 1.82) is 0 Å². The molecule has 1 rings (SSSR count). The average Bonchev–Trinajstić information content (AvgIpc) is 3.21. The lowest BCUT2D eigenvalue weighted by Gasteiger charge is -2.38. The summed E-state index contributed by atoms with van der Waals surface area (Å²) < 4.78 is 21.7. The van der Waals surface area contributed by atoms with Gasteiger partial charge in [-0.3, -0.25) is 9.59 Å². The van der Waals surface area contributed by atoms with Crippen molar-refractivity contribution in [2.24, 2.45) is 0 Å². The summed E-state index contributed by atoms with van der Waals surface area (Å²) in [7, 11) is 0. The number of hydrogen-bond acceptors (Lipinski definition) is 10. The molecule has 0 spiro atoms. The Bertz CT molecular complexity index is 978. The predicted octanol–water partition coefficient (Wildman–Crippen LogP) is 10.7. The van der Waals surface area contributed by atoms with Crippen molar-refractivity contribution < 1.29 is 53.8 Å². The summed E-state index contributed by atoms with van der Waals surface area (Å²) in [5, 5.41) is 39.7. The number of aliphatic hydroxyl groups is 3. The number of carbonyl (C=O) groups excluding carboxylic acids is 2. The average molecular weight is 829 g/mol. The zero-order valence-corrected chi connectivity index (χ0v) is 37.1. The van der Waals surface area contributed by atoms with Gasteiger partial charge in [0.25, 0.3) is 0 Å². The maximum absolute atomic E-state index is 12.7. The van der Waals surface area contributed by atoms with Gasteiger partial charge >= 0.3 is 17.9 Å². The third-order valence-electron chi connectivity index (χ3n) is 11.5. The van der Waals surface area contributed by atoms with Gasteiger partial charge in [0.1, 0.15) is 24.9 Å². The SMILES string of the molecule is CCCCCCCCCCCCCCCCCCCCCCCCCC(=O)OCC(COC1OC(C(=O)O)C(O)C(O)C1O)OC(=O)CCCCCCCCCCC. The van der Waals surface area contributed by atoms with Crippen LogP contribution in [-0.4, -0.2) is 88.4 Å². The minimum Gasteiger partial charge on any atom is -0.479 e. The molecular weight excluding hydrogens is 741 g/mol. The van der Waals surface area contributed by atoms with Crippen LogP contribution >= 0.6 is 0 Å². The number of esters is 2. The third-order valence-corrected chi connectivity index (χ3v) is 11.5. The van der Waals surface area contributed by atoms with Gasteiger partial charge in [-0.2, -0.15) is 0 Å². The molecule has 11 heteroatoms. The number of carbonyl (C=O) groups is 3. The fourth-order valence-corrected chi connectivity index (χ4v) is 7.65. The molecule has 1 heterocycles. The third kappa shape index (κ3) is 29.4. The van der Waals surface area contributed by atoms with Crippen LogP contribution in [0, 0.1) is 0 Å². The Balaban J connectivity index is 2.21. The highest BCUT2D eigenvalue weighted by Crippen LogP contribution is 2.23. The topological polar surface area (TPSA) is 169 Å². The van der Waals surface area contributed by atoms with E-state index >= 15 is 0 Å². The quantitative estimate of drug-likeness (QED) is 0.0342. The van der Waals surface area contributed by atoms with Crippen molar-refractivity contribution in [3.63, 3.8) is 0 Å². The van der Waals surface area contributed by atoms with E-state index in [1.807, 2.05) is 0 Å². The molecule has 1 aliphatic rings. The lowest BCUT2D eigenvalue weighted by Crippen LogP contribution is -2.60. The molecule has 0 amide bonds. The Morgan fingerprint density at radius 3 is 1.17 bits per heavy atom. The van der Waals surface area contributed by atoms with E-state index in [1.54, 1.807) is 0 Å². The predicted molar refractivity (Wildman–Crippen MR) is 229 cm³/mol. The van der Waals surface area contributed by atoms with E-state index in [1.165, 1.54) is 154 Å². The summed E-state index contributed by atoms with van der Waals surface area (Å²) in [6.07, 6.45) is 30.4. The number of ether oxygens (including phenoxy) is 4. The van der Waals surface area contributed by atoms with Crippen molar-refractivity contribution in [3.8, 4) is 0 Å². The van der Waals surface area contributed by atoms with Crippen LogP contribution in [0.2, 0.25) is 0 Å². The second-order valence-electron chi connectivity index (χ2n) is 17.0. The van der Waals surface area contributed by atoms with Crippen LogP contribution in [0.15, 0.2) is 0 Å². The van der Waals surface area contributed by atoms with Crippen LogP contribution in [0.1, 0.15) is 232 Å². The van der Waals surface area contributed by atoms with Crippen molar-refractivity contribution in [3.05, 3.63) is 0 Å². The zero-order chi connectivity index (χ0) is 42.5. The van der Waals surface area contributed by atoms with Crippen molar-refractivity contribution in [2.75, 3.05) is 13.2 Å². The number of unbranched alkanes of at least 4 members (excludes halogenated alkanes) is 30. The van der Waals surface area contributed by atoms with E-state index in [0.717, 1.165) is 38.5 Å².